The van der Waals surface area contributed by atoms with Gasteiger partial charge in [0.25, 0.3) is 0 Å². The molecule has 2 aliphatic heterocycles. The van der Waals surface area contributed by atoms with Crippen molar-refractivity contribution in [1.82, 2.24) is 25.4 Å². The molecule has 4 N–H and O–H groups in total. The number of nitrogens with zero attached hydrogens (tertiary/aromatic N) is 3. The number of aliphatic hydroxyl groups is 1. The topological polar surface area (TPSA) is 127 Å². The lowest BCUT2D eigenvalue weighted by Gasteiger charge is -2.29. The van der Waals surface area contributed by atoms with Crippen LogP contribution in [0.3, 0.4) is 0 Å². The zero-order valence-electron chi connectivity index (χ0n) is 23.5. The molecule has 3 aromatic rings. The first-order valence-corrected chi connectivity index (χ1v) is 14.2. The van der Waals surface area contributed by atoms with Crippen LogP contribution in [0.25, 0.3) is 10.9 Å². The van der Waals surface area contributed by atoms with Crippen molar-refractivity contribution >= 4 is 34.3 Å². The fraction of sp³-hybridized carbons (Fsp3) is 0.419. The van der Waals surface area contributed by atoms with Crippen molar-refractivity contribution in [3.8, 4) is 0 Å². The van der Waals surface area contributed by atoms with E-state index in [1.165, 1.54) is 0 Å². The molecule has 216 valence electrons. The standard InChI is InChI=1S/C31H38N6O4/c1-32-23-15-27(36(2)18-23)31(41)37-19-24(35-30(40)28(38)13-12-20-8-4-3-5-9-20)16-26(37)29(39)34-22-14-21-10-6-7-11-25(21)33-17-22/h3-11,14,17,23-24,26-28,32,38H,12-13,15-16,18-19H2,1-2H3,(H,34,39)(H,35,40)/t23-,24-,26+,27+,28-/m1/s1. The van der Waals surface area contributed by atoms with E-state index in [1.807, 2.05) is 79.7 Å². The number of likely N-dealkylation sites (N-methyl/N-ethyl adjacent to an activating group) is 2. The molecule has 41 heavy (non-hydrogen) atoms. The minimum atomic E-state index is -1.19. The van der Waals surface area contributed by atoms with Gasteiger partial charge in [-0.05, 0) is 57.5 Å². The number of rotatable bonds is 9. The largest absolute Gasteiger partial charge is 0.383 e. The number of hydrogen-bond acceptors (Lipinski definition) is 7. The molecule has 2 aromatic carbocycles. The van der Waals surface area contributed by atoms with Crippen LogP contribution in [0.4, 0.5) is 5.69 Å². The van der Waals surface area contributed by atoms with Gasteiger partial charge in [0.2, 0.25) is 17.7 Å². The third-order valence-electron chi connectivity index (χ3n) is 8.18. The molecule has 1 aromatic heterocycles. The number of aromatic nitrogens is 1. The number of pyridine rings is 1. The van der Waals surface area contributed by atoms with Crippen LogP contribution in [-0.4, -0.2) is 95.1 Å². The van der Waals surface area contributed by atoms with Crippen molar-refractivity contribution in [3.05, 3.63) is 72.4 Å². The van der Waals surface area contributed by atoms with Gasteiger partial charge in [0, 0.05) is 30.6 Å². The van der Waals surface area contributed by atoms with Crippen molar-refractivity contribution in [2.75, 3.05) is 32.5 Å². The molecule has 0 aliphatic carbocycles. The molecule has 10 heteroatoms. The van der Waals surface area contributed by atoms with Gasteiger partial charge in [-0.25, -0.2) is 0 Å². The maximum absolute atomic E-state index is 13.8. The Morgan fingerprint density at radius 2 is 1.73 bits per heavy atom. The van der Waals surface area contributed by atoms with Crippen LogP contribution in [-0.2, 0) is 20.8 Å². The van der Waals surface area contributed by atoms with Crippen molar-refractivity contribution in [2.24, 2.45) is 0 Å². The summed E-state index contributed by atoms with van der Waals surface area (Å²) in [6.07, 6.45) is 2.15. The highest BCUT2D eigenvalue weighted by molar-refractivity contribution is 5.99. The number of fused-ring (bicyclic) bond motifs is 1. The van der Waals surface area contributed by atoms with E-state index in [-0.39, 0.29) is 43.3 Å². The van der Waals surface area contributed by atoms with E-state index >= 15 is 0 Å². The summed E-state index contributed by atoms with van der Waals surface area (Å²) >= 11 is 0. The van der Waals surface area contributed by atoms with Crippen molar-refractivity contribution in [1.29, 1.82) is 0 Å². The molecule has 2 fully saturated rings. The molecule has 0 radical (unpaired) electrons. The van der Waals surface area contributed by atoms with E-state index in [0.717, 1.165) is 23.0 Å². The Balaban J connectivity index is 1.28. The number of carbonyl (C=O) groups excluding carboxylic acids is 3. The number of carbonyl (C=O) groups is 3. The first-order chi connectivity index (χ1) is 19.8. The first kappa shape index (κ1) is 28.7. The zero-order valence-corrected chi connectivity index (χ0v) is 23.5. The third-order valence-corrected chi connectivity index (χ3v) is 8.18. The number of benzene rings is 2. The minimum Gasteiger partial charge on any atom is -0.383 e. The fourth-order valence-corrected chi connectivity index (χ4v) is 5.86. The van der Waals surface area contributed by atoms with Gasteiger partial charge in [-0.15, -0.1) is 0 Å². The monoisotopic (exact) mass is 558 g/mol. The van der Waals surface area contributed by atoms with Crippen LogP contribution < -0.4 is 16.0 Å². The van der Waals surface area contributed by atoms with Gasteiger partial charge in [0.15, 0.2) is 0 Å². The SMILES string of the molecule is CN[C@@H]1C[C@@H](C(=O)N2C[C@H](NC(=O)[C@H](O)CCc3ccccc3)C[C@H]2C(=O)Nc2cnc3ccccc3c2)N(C)C1. The quantitative estimate of drug-likeness (QED) is 0.314. The van der Waals surface area contributed by atoms with Gasteiger partial charge in [0.05, 0.1) is 23.4 Å². The molecule has 2 saturated heterocycles. The fourth-order valence-electron chi connectivity index (χ4n) is 5.86. The number of amides is 3. The van der Waals surface area contributed by atoms with Gasteiger partial charge in [-0.2, -0.15) is 0 Å². The highest BCUT2D eigenvalue weighted by Crippen LogP contribution is 2.26. The Hall–Kier alpha value is -3.86. The Bertz CT molecular complexity index is 1390. The lowest BCUT2D eigenvalue weighted by molar-refractivity contribution is -0.140. The smallest absolute Gasteiger partial charge is 0.249 e. The van der Waals surface area contributed by atoms with Crippen LogP contribution in [0.5, 0.6) is 0 Å². The van der Waals surface area contributed by atoms with Crippen molar-refractivity contribution in [2.45, 2.75) is 56.0 Å². The summed E-state index contributed by atoms with van der Waals surface area (Å²) < 4.78 is 0. The molecule has 0 bridgehead atoms. The molecule has 3 heterocycles. The van der Waals surface area contributed by atoms with E-state index in [2.05, 4.69) is 20.9 Å². The number of para-hydroxylation sites is 1. The number of nitrogens with one attached hydrogen (secondary N) is 3. The Morgan fingerprint density at radius 1 is 1.00 bits per heavy atom. The third kappa shape index (κ3) is 6.73. The summed E-state index contributed by atoms with van der Waals surface area (Å²) in [7, 11) is 3.79. The van der Waals surface area contributed by atoms with Crippen LogP contribution in [0, 0.1) is 0 Å². The molecule has 5 rings (SSSR count). The Morgan fingerprint density at radius 3 is 2.49 bits per heavy atom. The number of likely N-dealkylation sites (tertiary alicyclic amines) is 2. The summed E-state index contributed by atoms with van der Waals surface area (Å²) in [6.45, 7) is 0.923. The molecule has 3 amide bonds. The Labute approximate surface area is 240 Å². The summed E-state index contributed by atoms with van der Waals surface area (Å²) in [6, 6.07) is 17.7. The van der Waals surface area contributed by atoms with Gasteiger partial charge in [0.1, 0.15) is 12.1 Å². The van der Waals surface area contributed by atoms with Gasteiger partial charge in [-0.3, -0.25) is 24.3 Å². The molecule has 0 unspecified atom stereocenters. The summed E-state index contributed by atoms with van der Waals surface area (Å²) in [5, 5.41) is 20.5. The maximum atomic E-state index is 13.8. The molecule has 5 atom stereocenters. The number of hydrogen-bond donors (Lipinski definition) is 4. The number of aliphatic hydroxyl groups excluding tert-OH is 1. The minimum absolute atomic E-state index is 0.136. The number of anilines is 1. The summed E-state index contributed by atoms with van der Waals surface area (Å²) in [5.41, 5.74) is 2.40. The molecule has 0 spiro atoms. The summed E-state index contributed by atoms with van der Waals surface area (Å²) in [5.74, 6) is -0.961. The molecule has 10 nitrogen and oxygen atoms in total. The van der Waals surface area contributed by atoms with Crippen LogP contribution in [0.1, 0.15) is 24.8 Å². The normalized spacial score (nSPS) is 23.4. The zero-order chi connectivity index (χ0) is 28.9. The second-order valence-electron chi connectivity index (χ2n) is 11.1. The first-order valence-electron chi connectivity index (χ1n) is 14.2. The van der Waals surface area contributed by atoms with Crippen LogP contribution in [0.2, 0.25) is 0 Å². The lowest BCUT2D eigenvalue weighted by Crippen LogP contribution is -2.50. The number of aryl methyl sites for hydroxylation is 1. The van der Waals surface area contributed by atoms with Gasteiger partial charge >= 0.3 is 0 Å². The van der Waals surface area contributed by atoms with E-state index in [9.17, 15) is 19.5 Å². The highest BCUT2D eigenvalue weighted by Gasteiger charge is 2.45. The van der Waals surface area contributed by atoms with E-state index < -0.39 is 24.1 Å². The lowest BCUT2D eigenvalue weighted by atomic mass is 10.1. The van der Waals surface area contributed by atoms with E-state index in [1.54, 1.807) is 11.1 Å². The van der Waals surface area contributed by atoms with E-state index in [4.69, 9.17) is 0 Å². The average Bonchev–Trinajstić information content (AvgIpc) is 3.59. The van der Waals surface area contributed by atoms with Gasteiger partial charge < -0.3 is 26.0 Å². The second-order valence-corrected chi connectivity index (χ2v) is 11.1. The van der Waals surface area contributed by atoms with Crippen LogP contribution in [0.15, 0.2) is 66.9 Å². The predicted octanol–water partition coefficient (Wildman–Crippen LogP) is 1.54. The van der Waals surface area contributed by atoms with E-state index in [0.29, 0.717) is 18.5 Å². The predicted molar refractivity (Wildman–Crippen MR) is 157 cm³/mol. The van der Waals surface area contributed by atoms with Gasteiger partial charge in [-0.1, -0.05) is 48.5 Å². The molecular formula is C31H38N6O4. The highest BCUT2D eigenvalue weighted by atomic mass is 16.3. The van der Waals surface area contributed by atoms with Crippen molar-refractivity contribution in [3.63, 3.8) is 0 Å². The Kier molecular flexibility index (Phi) is 8.92. The maximum Gasteiger partial charge on any atom is 0.249 e. The summed E-state index contributed by atoms with van der Waals surface area (Å²) in [4.78, 5) is 48.3. The molecule has 2 aliphatic rings. The second kappa shape index (κ2) is 12.8. The van der Waals surface area contributed by atoms with Crippen molar-refractivity contribution < 1.29 is 19.5 Å². The molecular weight excluding hydrogens is 520 g/mol. The average molecular weight is 559 g/mol. The molecule has 0 saturated carbocycles. The van der Waals surface area contributed by atoms with Crippen LogP contribution >= 0.6 is 0 Å².